The molecule has 0 spiro atoms. The summed E-state index contributed by atoms with van der Waals surface area (Å²) in [7, 11) is 0. The molecule has 2 atom stereocenters. The molecule has 0 radical (unpaired) electrons. The quantitative estimate of drug-likeness (QED) is 0.607. The number of carbonyl (C=O) groups excluding carboxylic acids is 3. The average molecular weight is 464 g/mol. The molecule has 1 heterocycles. The van der Waals surface area contributed by atoms with Crippen LogP contribution in [0.4, 0.5) is 0 Å². The smallest absolute Gasteiger partial charge is 0.313 e. The second-order valence-electron chi connectivity index (χ2n) is 8.92. The van der Waals surface area contributed by atoms with E-state index in [1.54, 1.807) is 38.1 Å². The molecule has 0 bridgehead atoms. The molecule has 1 aromatic carbocycles. The number of benzene rings is 1. The Morgan fingerprint density at radius 1 is 1.09 bits per heavy atom. The fourth-order valence-corrected chi connectivity index (χ4v) is 4.73. The summed E-state index contributed by atoms with van der Waals surface area (Å²) in [5.74, 6) is -1.77. The molecular weight excluding hydrogens is 430 g/mol. The Hall–Kier alpha value is -2.12. The number of amides is 3. The molecule has 2 fully saturated rings. The Morgan fingerprint density at radius 3 is 2.44 bits per heavy atom. The van der Waals surface area contributed by atoms with Crippen LogP contribution < -0.4 is 10.6 Å². The Labute approximate surface area is 195 Å². The van der Waals surface area contributed by atoms with Gasteiger partial charge in [-0.2, -0.15) is 0 Å². The highest BCUT2D eigenvalue weighted by Crippen LogP contribution is 2.30. The highest BCUT2D eigenvalue weighted by molar-refractivity contribution is 6.36. The fourth-order valence-electron chi connectivity index (χ4n) is 4.49. The minimum Gasteiger partial charge on any atom is -0.376 e. The third-order valence-electron chi connectivity index (χ3n) is 6.18. The van der Waals surface area contributed by atoms with Crippen LogP contribution in [0.1, 0.15) is 70.4 Å². The number of ether oxygens (including phenoxy) is 1. The lowest BCUT2D eigenvalue weighted by molar-refractivity contribution is -0.152. The molecule has 0 aromatic heterocycles. The average Bonchev–Trinajstić information content (AvgIpc) is 3.30. The van der Waals surface area contributed by atoms with E-state index in [0.29, 0.717) is 23.7 Å². The van der Waals surface area contributed by atoms with Crippen molar-refractivity contribution in [3.63, 3.8) is 0 Å². The molecule has 7 nitrogen and oxygen atoms in total. The van der Waals surface area contributed by atoms with Crippen molar-refractivity contribution in [2.45, 2.75) is 83.0 Å². The van der Waals surface area contributed by atoms with Gasteiger partial charge in [-0.05, 0) is 45.6 Å². The van der Waals surface area contributed by atoms with Crippen molar-refractivity contribution in [2.75, 3.05) is 13.2 Å². The first-order valence-corrected chi connectivity index (χ1v) is 12.0. The molecule has 2 aliphatic rings. The molecule has 1 saturated heterocycles. The number of carbonyl (C=O) groups is 3. The second kappa shape index (κ2) is 11.7. The zero-order valence-corrected chi connectivity index (χ0v) is 19.7. The largest absolute Gasteiger partial charge is 0.376 e. The molecule has 1 saturated carbocycles. The van der Waals surface area contributed by atoms with Crippen LogP contribution in [-0.4, -0.2) is 54.0 Å². The van der Waals surface area contributed by atoms with Gasteiger partial charge in [0, 0.05) is 35.8 Å². The first kappa shape index (κ1) is 24.5. The lowest BCUT2D eigenvalue weighted by Crippen LogP contribution is -2.53. The number of nitrogens with zero attached hydrogens (tertiary/aromatic N) is 1. The molecule has 1 aliphatic carbocycles. The second-order valence-corrected chi connectivity index (χ2v) is 9.33. The van der Waals surface area contributed by atoms with Crippen molar-refractivity contribution >= 4 is 29.3 Å². The van der Waals surface area contributed by atoms with Gasteiger partial charge in [0.25, 0.3) is 0 Å². The molecule has 3 rings (SSSR count). The lowest BCUT2D eigenvalue weighted by atomic mass is 9.95. The predicted molar refractivity (Wildman–Crippen MR) is 123 cm³/mol. The van der Waals surface area contributed by atoms with E-state index in [0.717, 1.165) is 44.9 Å². The molecule has 32 heavy (non-hydrogen) atoms. The highest BCUT2D eigenvalue weighted by atomic mass is 35.5. The van der Waals surface area contributed by atoms with E-state index in [-0.39, 0.29) is 18.1 Å². The first-order valence-electron chi connectivity index (χ1n) is 11.7. The van der Waals surface area contributed by atoms with Crippen LogP contribution in [0.3, 0.4) is 0 Å². The predicted octanol–water partition coefficient (Wildman–Crippen LogP) is 3.36. The van der Waals surface area contributed by atoms with Crippen LogP contribution in [0.25, 0.3) is 0 Å². The number of hydrogen-bond acceptors (Lipinski definition) is 4. The van der Waals surface area contributed by atoms with Crippen LogP contribution in [0.15, 0.2) is 24.3 Å². The fraction of sp³-hybridized carbons (Fsp3) is 0.625. The Morgan fingerprint density at radius 2 is 1.81 bits per heavy atom. The van der Waals surface area contributed by atoms with Gasteiger partial charge >= 0.3 is 11.8 Å². The zero-order valence-electron chi connectivity index (χ0n) is 18.9. The monoisotopic (exact) mass is 463 g/mol. The standard InChI is InChI=1S/C24H34ClN3O4/c1-16(2)28(24(31)23(30)27-17-9-4-3-5-10-17)21(19-12-6-7-13-20(19)25)22(29)26-15-18-11-8-14-32-18/h6-7,12-13,16-18,21H,3-5,8-11,14-15H2,1-2H3,(H,26,29)(H,27,30)/t18-,21+/m0/s1. The van der Waals surface area contributed by atoms with Crippen molar-refractivity contribution in [3.8, 4) is 0 Å². The highest BCUT2D eigenvalue weighted by Gasteiger charge is 2.38. The van der Waals surface area contributed by atoms with Gasteiger partial charge in [0.1, 0.15) is 6.04 Å². The number of nitrogens with one attached hydrogen (secondary N) is 2. The maximum atomic E-state index is 13.4. The maximum absolute atomic E-state index is 13.4. The number of rotatable bonds is 7. The Bertz CT molecular complexity index is 804. The first-order chi connectivity index (χ1) is 15.4. The van der Waals surface area contributed by atoms with Crippen LogP contribution in [0.2, 0.25) is 5.02 Å². The Kier molecular flexibility index (Phi) is 8.93. The van der Waals surface area contributed by atoms with Gasteiger partial charge in [-0.25, -0.2) is 0 Å². The van der Waals surface area contributed by atoms with E-state index in [2.05, 4.69) is 10.6 Å². The molecular formula is C24H34ClN3O4. The maximum Gasteiger partial charge on any atom is 0.313 e. The van der Waals surface area contributed by atoms with Crippen molar-refractivity contribution in [3.05, 3.63) is 34.9 Å². The summed E-state index contributed by atoms with van der Waals surface area (Å²) in [6, 6.07) is 5.53. The van der Waals surface area contributed by atoms with Gasteiger partial charge in [-0.3, -0.25) is 14.4 Å². The Balaban J connectivity index is 1.83. The van der Waals surface area contributed by atoms with Crippen LogP contribution in [0, 0.1) is 0 Å². The molecule has 0 unspecified atom stereocenters. The number of halogens is 1. The molecule has 1 aliphatic heterocycles. The van der Waals surface area contributed by atoms with Crippen molar-refractivity contribution < 1.29 is 19.1 Å². The van der Waals surface area contributed by atoms with E-state index >= 15 is 0 Å². The van der Waals surface area contributed by atoms with Crippen molar-refractivity contribution in [1.82, 2.24) is 15.5 Å². The van der Waals surface area contributed by atoms with Crippen LogP contribution >= 0.6 is 11.6 Å². The minimum absolute atomic E-state index is 0.00122. The summed E-state index contributed by atoms with van der Waals surface area (Å²) in [6.45, 7) is 4.63. The van der Waals surface area contributed by atoms with Gasteiger partial charge in [0.2, 0.25) is 5.91 Å². The van der Waals surface area contributed by atoms with Crippen molar-refractivity contribution in [2.24, 2.45) is 0 Å². The van der Waals surface area contributed by atoms with E-state index in [4.69, 9.17) is 16.3 Å². The third-order valence-corrected chi connectivity index (χ3v) is 6.52. The number of hydrogen-bond donors (Lipinski definition) is 2. The SMILES string of the molecule is CC(C)N(C(=O)C(=O)NC1CCCCC1)[C@@H](C(=O)NC[C@@H]1CCCO1)c1ccccc1Cl. The van der Waals surface area contributed by atoms with Crippen LogP contribution in [-0.2, 0) is 19.1 Å². The third kappa shape index (κ3) is 6.23. The van der Waals surface area contributed by atoms with E-state index < -0.39 is 23.9 Å². The summed E-state index contributed by atoms with van der Waals surface area (Å²) in [5, 5.41) is 6.16. The van der Waals surface area contributed by atoms with E-state index in [1.807, 2.05) is 0 Å². The van der Waals surface area contributed by atoms with Crippen molar-refractivity contribution in [1.29, 1.82) is 0 Å². The van der Waals surface area contributed by atoms with Gasteiger partial charge in [-0.1, -0.05) is 49.1 Å². The van der Waals surface area contributed by atoms with Gasteiger partial charge in [-0.15, -0.1) is 0 Å². The van der Waals surface area contributed by atoms with Crippen LogP contribution in [0.5, 0.6) is 0 Å². The summed E-state index contributed by atoms with van der Waals surface area (Å²) < 4.78 is 5.61. The summed E-state index contributed by atoms with van der Waals surface area (Å²) in [4.78, 5) is 40.9. The molecule has 1 aromatic rings. The molecule has 3 amide bonds. The zero-order chi connectivity index (χ0) is 23.1. The summed E-state index contributed by atoms with van der Waals surface area (Å²) in [6.07, 6.45) is 6.79. The summed E-state index contributed by atoms with van der Waals surface area (Å²) in [5.41, 5.74) is 0.492. The van der Waals surface area contributed by atoms with Gasteiger partial charge in [0.05, 0.1) is 6.10 Å². The van der Waals surface area contributed by atoms with Gasteiger partial charge < -0.3 is 20.3 Å². The minimum atomic E-state index is -1.02. The molecule has 176 valence electrons. The lowest BCUT2D eigenvalue weighted by Gasteiger charge is -2.35. The van der Waals surface area contributed by atoms with Gasteiger partial charge in [0.15, 0.2) is 0 Å². The van der Waals surface area contributed by atoms with E-state index in [1.165, 1.54) is 4.90 Å². The molecule has 2 N–H and O–H groups in total. The molecule has 8 heteroatoms. The summed E-state index contributed by atoms with van der Waals surface area (Å²) >= 11 is 6.44. The van der Waals surface area contributed by atoms with E-state index in [9.17, 15) is 14.4 Å². The normalized spacial score (nSPS) is 20.1. The topological polar surface area (TPSA) is 87.7 Å².